The first kappa shape index (κ1) is 28.8. The maximum Gasteiger partial charge on any atom is 0.160 e. The molecule has 3 aromatic heterocycles. The molecular formula is C41H36N4S. The van der Waals surface area contributed by atoms with Crippen LogP contribution in [-0.2, 0) is 12.8 Å². The highest BCUT2D eigenvalue weighted by atomic mass is 32.2. The molecule has 0 amide bonds. The van der Waals surface area contributed by atoms with Gasteiger partial charge in [0.1, 0.15) is 0 Å². The first-order valence-electron chi connectivity index (χ1n) is 16.3. The van der Waals surface area contributed by atoms with Crippen molar-refractivity contribution in [2.24, 2.45) is 5.92 Å². The molecule has 0 bridgehead atoms. The van der Waals surface area contributed by atoms with E-state index in [-0.39, 0.29) is 11.2 Å². The molecule has 226 valence electrons. The molecule has 0 saturated carbocycles. The van der Waals surface area contributed by atoms with Crippen molar-refractivity contribution in [3.63, 3.8) is 0 Å². The van der Waals surface area contributed by atoms with Crippen LogP contribution in [0.25, 0.3) is 39.5 Å². The van der Waals surface area contributed by atoms with Crippen LogP contribution in [0, 0.1) is 12.8 Å². The fourth-order valence-corrected chi connectivity index (χ4v) is 7.87. The molecule has 2 aliphatic carbocycles. The van der Waals surface area contributed by atoms with Crippen LogP contribution >= 0.6 is 11.8 Å². The van der Waals surface area contributed by atoms with Crippen molar-refractivity contribution in [1.29, 1.82) is 0 Å². The second-order valence-electron chi connectivity index (χ2n) is 12.7. The molecule has 5 heteroatoms. The highest BCUT2D eigenvalue weighted by Crippen LogP contribution is 2.44. The Labute approximate surface area is 275 Å². The molecule has 1 aliphatic heterocycles. The Morgan fingerprint density at radius 3 is 2.33 bits per heavy atom. The lowest BCUT2D eigenvalue weighted by Crippen LogP contribution is -2.17. The zero-order chi connectivity index (χ0) is 31.0. The van der Waals surface area contributed by atoms with Gasteiger partial charge in [0.15, 0.2) is 5.82 Å². The van der Waals surface area contributed by atoms with E-state index in [1.807, 2.05) is 6.07 Å². The Bertz CT molecular complexity index is 2010. The molecule has 46 heavy (non-hydrogen) atoms. The highest BCUT2D eigenvalue weighted by Gasteiger charge is 2.30. The monoisotopic (exact) mass is 616 g/mol. The van der Waals surface area contributed by atoms with Gasteiger partial charge in [-0.15, -0.1) is 11.8 Å². The number of fused-ring (bicyclic) bond motifs is 3. The summed E-state index contributed by atoms with van der Waals surface area (Å²) >= 11 is 1.79. The topological polar surface area (TPSA) is 51.6 Å². The van der Waals surface area contributed by atoms with Crippen LogP contribution in [0.5, 0.6) is 0 Å². The Morgan fingerprint density at radius 1 is 0.739 bits per heavy atom. The van der Waals surface area contributed by atoms with E-state index in [1.54, 1.807) is 11.8 Å². The SMILES string of the molecule is Cc1cc(-c2ccccc2)c2c(n1)-c1nc(C3CC(C)CC=C3c3cc(C4C=CC=CS4)nc(-c4ccccc4)n3)ccc1CC2. The van der Waals surface area contributed by atoms with E-state index < -0.39 is 0 Å². The standard InChI is InChI=1S/C41H36N4S/c1-26-16-19-31(36-25-37(38-15-9-10-22-46-38)45-41(44-36)30-13-7-4-8-14-30)34(23-26)35-21-18-29-17-20-32-33(28-11-5-3-6-12-28)24-27(2)42-40(32)39(29)43-35/h3-15,18-19,21-22,24-26,34,38H,16-17,20,23H2,1-2H3. The van der Waals surface area contributed by atoms with Crippen LogP contribution in [0.15, 0.2) is 115 Å². The normalized spacial score (nSPS) is 20.1. The second-order valence-corrected chi connectivity index (χ2v) is 13.7. The van der Waals surface area contributed by atoms with Gasteiger partial charge in [-0.3, -0.25) is 9.97 Å². The highest BCUT2D eigenvalue weighted by molar-refractivity contribution is 8.02. The van der Waals surface area contributed by atoms with Crippen molar-refractivity contribution in [3.8, 4) is 33.9 Å². The Balaban J connectivity index is 1.24. The average Bonchev–Trinajstić information content (AvgIpc) is 3.12. The summed E-state index contributed by atoms with van der Waals surface area (Å²) in [6.45, 7) is 4.45. The number of thioether (sulfide) groups is 1. The van der Waals surface area contributed by atoms with Crippen LogP contribution in [0.3, 0.4) is 0 Å². The van der Waals surface area contributed by atoms with E-state index in [2.05, 4.69) is 122 Å². The Kier molecular flexibility index (Phi) is 7.71. The van der Waals surface area contributed by atoms with E-state index in [1.165, 1.54) is 27.8 Å². The van der Waals surface area contributed by atoms with Gasteiger partial charge in [0.2, 0.25) is 0 Å². The van der Waals surface area contributed by atoms with Crippen LogP contribution in [0.1, 0.15) is 64.8 Å². The Morgan fingerprint density at radius 2 is 1.54 bits per heavy atom. The van der Waals surface area contributed by atoms with E-state index in [4.69, 9.17) is 19.9 Å². The summed E-state index contributed by atoms with van der Waals surface area (Å²) in [7, 11) is 0. The van der Waals surface area contributed by atoms with Crippen molar-refractivity contribution < 1.29 is 0 Å². The number of aryl methyl sites for hydroxylation is 2. The maximum atomic E-state index is 5.49. The molecular weight excluding hydrogens is 581 g/mol. The maximum absolute atomic E-state index is 5.49. The van der Waals surface area contributed by atoms with Gasteiger partial charge in [-0.05, 0) is 90.0 Å². The lowest BCUT2D eigenvalue weighted by Gasteiger charge is -2.29. The number of benzene rings is 2. The minimum absolute atomic E-state index is 0.138. The molecule has 0 fully saturated rings. The largest absolute Gasteiger partial charge is 0.251 e. The predicted octanol–water partition coefficient (Wildman–Crippen LogP) is 10.1. The second kappa shape index (κ2) is 12.3. The van der Waals surface area contributed by atoms with Crippen LogP contribution < -0.4 is 0 Å². The van der Waals surface area contributed by atoms with Crippen molar-refractivity contribution >= 4 is 17.3 Å². The molecule has 0 N–H and O–H groups in total. The average molecular weight is 617 g/mol. The molecule has 0 radical (unpaired) electrons. The van der Waals surface area contributed by atoms with Crippen LogP contribution in [0.4, 0.5) is 0 Å². The van der Waals surface area contributed by atoms with Crippen LogP contribution in [0.2, 0.25) is 0 Å². The lowest BCUT2D eigenvalue weighted by molar-refractivity contribution is 0.492. The number of allylic oxidation sites excluding steroid dienone is 4. The fraction of sp³-hybridized carbons (Fsp3) is 0.220. The molecule has 3 atom stereocenters. The Hall–Kier alpha value is -4.61. The summed E-state index contributed by atoms with van der Waals surface area (Å²) in [4.78, 5) is 20.9. The van der Waals surface area contributed by atoms with Gasteiger partial charge >= 0.3 is 0 Å². The zero-order valence-corrected chi connectivity index (χ0v) is 27.0. The van der Waals surface area contributed by atoms with Crippen molar-refractivity contribution in [3.05, 3.63) is 149 Å². The van der Waals surface area contributed by atoms with E-state index in [0.29, 0.717) is 5.92 Å². The summed E-state index contributed by atoms with van der Waals surface area (Å²) in [5.74, 6) is 1.47. The van der Waals surface area contributed by atoms with Gasteiger partial charge in [-0.2, -0.15) is 0 Å². The molecule has 4 heterocycles. The molecule has 5 aromatic rings. The van der Waals surface area contributed by atoms with Gasteiger partial charge in [0.05, 0.1) is 28.0 Å². The van der Waals surface area contributed by atoms with Gasteiger partial charge in [-0.25, -0.2) is 9.97 Å². The summed E-state index contributed by atoms with van der Waals surface area (Å²) in [5, 5.41) is 2.30. The molecule has 4 nitrogen and oxygen atoms in total. The van der Waals surface area contributed by atoms with Crippen LogP contribution in [-0.4, -0.2) is 19.9 Å². The minimum atomic E-state index is 0.138. The quantitative estimate of drug-likeness (QED) is 0.197. The third-order valence-electron chi connectivity index (χ3n) is 9.38. The molecule has 0 spiro atoms. The minimum Gasteiger partial charge on any atom is -0.251 e. The van der Waals surface area contributed by atoms with Gasteiger partial charge in [0, 0.05) is 22.9 Å². The summed E-state index contributed by atoms with van der Waals surface area (Å²) in [5.41, 5.74) is 13.6. The van der Waals surface area contributed by atoms with Gasteiger partial charge in [0.25, 0.3) is 0 Å². The number of rotatable bonds is 5. The third-order valence-corrected chi connectivity index (χ3v) is 10.4. The predicted molar refractivity (Wildman–Crippen MR) is 190 cm³/mol. The fourth-order valence-electron chi connectivity index (χ4n) is 7.08. The van der Waals surface area contributed by atoms with E-state index in [9.17, 15) is 0 Å². The molecule has 3 aliphatic rings. The zero-order valence-electron chi connectivity index (χ0n) is 26.2. The molecule has 2 aromatic carbocycles. The summed E-state index contributed by atoms with van der Waals surface area (Å²) in [6.07, 6.45) is 12.8. The van der Waals surface area contributed by atoms with Crippen molar-refractivity contribution in [2.75, 3.05) is 0 Å². The smallest absolute Gasteiger partial charge is 0.160 e. The first-order valence-corrected chi connectivity index (χ1v) is 17.2. The third kappa shape index (κ3) is 5.54. The number of nitrogens with zero attached hydrogens (tertiary/aromatic N) is 4. The van der Waals surface area contributed by atoms with E-state index in [0.717, 1.165) is 71.2 Å². The number of pyridine rings is 2. The summed E-state index contributed by atoms with van der Waals surface area (Å²) < 4.78 is 0. The number of hydrogen-bond acceptors (Lipinski definition) is 5. The molecule has 3 unspecified atom stereocenters. The number of hydrogen-bond donors (Lipinski definition) is 0. The molecule has 0 saturated heterocycles. The summed E-state index contributed by atoms with van der Waals surface area (Å²) in [6, 6.07) is 30.1. The first-order chi connectivity index (χ1) is 22.6. The van der Waals surface area contributed by atoms with Crippen molar-refractivity contribution in [1.82, 2.24) is 19.9 Å². The lowest BCUT2D eigenvalue weighted by atomic mass is 9.78. The van der Waals surface area contributed by atoms with Crippen molar-refractivity contribution in [2.45, 2.75) is 50.7 Å². The molecule has 8 rings (SSSR count). The number of aromatic nitrogens is 4. The van der Waals surface area contributed by atoms with Gasteiger partial charge in [-0.1, -0.05) is 98.0 Å². The van der Waals surface area contributed by atoms with Gasteiger partial charge < -0.3 is 0 Å². The van der Waals surface area contributed by atoms with E-state index >= 15 is 0 Å².